The molecule has 0 spiro atoms. The lowest BCUT2D eigenvalue weighted by atomic mass is 10.0. The number of fused-ring (bicyclic) bond motifs is 1. The second-order valence-electron chi connectivity index (χ2n) is 8.18. The molecular weight excluding hydrogens is 438 g/mol. The molecule has 0 radical (unpaired) electrons. The van der Waals surface area contributed by atoms with Crippen LogP contribution in [0.2, 0.25) is 0 Å². The molecule has 0 saturated carbocycles. The van der Waals surface area contributed by atoms with E-state index in [1.54, 1.807) is 6.20 Å². The first-order chi connectivity index (χ1) is 13.8. The lowest BCUT2D eigenvalue weighted by Gasteiger charge is -2.36. The molecule has 9 heteroatoms. The van der Waals surface area contributed by atoms with Gasteiger partial charge in [0.1, 0.15) is 11.2 Å². The van der Waals surface area contributed by atoms with E-state index in [1.165, 1.54) is 0 Å². The number of ether oxygens (including phenoxy) is 1. The fraction of sp³-hybridized carbons (Fsp3) is 0.550. The Labute approximate surface area is 178 Å². The number of halogens is 1. The van der Waals surface area contributed by atoms with Crippen LogP contribution < -0.4 is 15.5 Å². The maximum atomic E-state index is 12.2. The molecule has 2 amide bonds. The molecule has 2 aromatic rings. The van der Waals surface area contributed by atoms with Crippen LogP contribution in [0.5, 0.6) is 0 Å². The number of aromatic amines is 1. The molecule has 0 aliphatic carbocycles. The standard InChI is InChI=1S/C20H28BrN5O3/c1-20(2,3)29-19(28)24-13-5-4-10-26(12-13)17-14-7-9-22-18(14)23-11-15(17)25-16(27)6-8-21/h7,9,11,13H,4-6,8,10,12H2,1-3H3,(H,22,23)(H,24,28)(H,25,27). The van der Waals surface area contributed by atoms with Crippen molar-refractivity contribution >= 4 is 50.3 Å². The minimum Gasteiger partial charge on any atom is -0.444 e. The topological polar surface area (TPSA) is 99.3 Å². The van der Waals surface area contributed by atoms with Crippen molar-refractivity contribution in [1.82, 2.24) is 15.3 Å². The van der Waals surface area contributed by atoms with Gasteiger partial charge in [0.05, 0.1) is 17.6 Å². The van der Waals surface area contributed by atoms with E-state index in [0.717, 1.165) is 36.1 Å². The predicted molar refractivity (Wildman–Crippen MR) is 118 cm³/mol. The van der Waals surface area contributed by atoms with Crippen molar-refractivity contribution in [3.8, 4) is 0 Å². The molecule has 2 aromatic heterocycles. The summed E-state index contributed by atoms with van der Waals surface area (Å²) in [5, 5.41) is 7.50. The van der Waals surface area contributed by atoms with Crippen LogP contribution in [0.25, 0.3) is 11.0 Å². The van der Waals surface area contributed by atoms with E-state index in [0.29, 0.717) is 24.0 Å². The third kappa shape index (κ3) is 5.62. The van der Waals surface area contributed by atoms with Gasteiger partial charge in [0, 0.05) is 42.5 Å². The Balaban J connectivity index is 1.82. The Kier molecular flexibility index (Phi) is 6.66. The zero-order valence-electron chi connectivity index (χ0n) is 17.0. The number of amides is 2. The van der Waals surface area contributed by atoms with Crippen LogP contribution >= 0.6 is 15.9 Å². The normalized spacial score (nSPS) is 17.2. The molecule has 0 bridgehead atoms. The van der Waals surface area contributed by atoms with Crippen molar-refractivity contribution in [2.45, 2.75) is 51.7 Å². The first-order valence-corrected chi connectivity index (χ1v) is 11.0. The largest absolute Gasteiger partial charge is 0.444 e. The number of piperidine rings is 1. The van der Waals surface area contributed by atoms with E-state index >= 15 is 0 Å². The molecule has 3 rings (SSSR count). The van der Waals surface area contributed by atoms with E-state index in [-0.39, 0.29) is 11.9 Å². The number of nitrogens with one attached hydrogen (secondary N) is 3. The second-order valence-corrected chi connectivity index (χ2v) is 8.97. The van der Waals surface area contributed by atoms with E-state index in [4.69, 9.17) is 4.74 Å². The van der Waals surface area contributed by atoms with E-state index in [9.17, 15) is 9.59 Å². The Hall–Kier alpha value is -2.29. The SMILES string of the molecule is CC(C)(C)OC(=O)NC1CCCN(c2c(NC(=O)CCBr)cnc3[nH]ccc23)C1. The van der Waals surface area contributed by atoms with Crippen LogP contribution in [0, 0.1) is 0 Å². The predicted octanol–water partition coefficient (Wildman–Crippen LogP) is 3.78. The van der Waals surface area contributed by atoms with E-state index in [1.807, 2.05) is 33.0 Å². The van der Waals surface area contributed by atoms with Crippen LogP contribution in [0.4, 0.5) is 16.2 Å². The highest BCUT2D eigenvalue weighted by molar-refractivity contribution is 9.09. The number of carbonyl (C=O) groups excluding carboxylic acids is 2. The molecule has 1 fully saturated rings. The summed E-state index contributed by atoms with van der Waals surface area (Å²) in [7, 11) is 0. The zero-order chi connectivity index (χ0) is 21.0. The van der Waals surface area contributed by atoms with Gasteiger partial charge in [-0.15, -0.1) is 0 Å². The zero-order valence-corrected chi connectivity index (χ0v) is 18.6. The Morgan fingerprint density at radius 3 is 2.93 bits per heavy atom. The number of alkyl carbamates (subject to hydrolysis) is 1. The quantitative estimate of drug-likeness (QED) is 0.583. The highest BCUT2D eigenvalue weighted by Crippen LogP contribution is 2.35. The summed E-state index contributed by atoms with van der Waals surface area (Å²) >= 11 is 3.30. The molecule has 1 unspecified atom stereocenters. The molecule has 1 saturated heterocycles. The molecule has 1 atom stereocenters. The third-order valence-electron chi connectivity index (χ3n) is 4.61. The second kappa shape index (κ2) is 9.02. The molecule has 29 heavy (non-hydrogen) atoms. The number of pyridine rings is 1. The summed E-state index contributed by atoms with van der Waals surface area (Å²) in [5.41, 5.74) is 1.84. The van der Waals surface area contributed by atoms with Crippen molar-refractivity contribution in [3.63, 3.8) is 0 Å². The van der Waals surface area contributed by atoms with Crippen LogP contribution in [-0.4, -0.2) is 52.0 Å². The van der Waals surface area contributed by atoms with Crippen molar-refractivity contribution in [2.24, 2.45) is 0 Å². The van der Waals surface area contributed by atoms with Gasteiger partial charge in [-0.05, 0) is 39.7 Å². The average molecular weight is 466 g/mol. The first-order valence-electron chi connectivity index (χ1n) is 9.83. The summed E-state index contributed by atoms with van der Waals surface area (Å²) < 4.78 is 5.40. The van der Waals surface area contributed by atoms with Crippen LogP contribution in [0.1, 0.15) is 40.0 Å². The van der Waals surface area contributed by atoms with Gasteiger partial charge < -0.3 is 25.3 Å². The summed E-state index contributed by atoms with van der Waals surface area (Å²) in [5.74, 6) is -0.0692. The number of hydrogen-bond donors (Lipinski definition) is 3. The number of anilines is 2. The van der Waals surface area contributed by atoms with Gasteiger partial charge in [-0.3, -0.25) is 4.79 Å². The number of hydrogen-bond acceptors (Lipinski definition) is 5. The fourth-order valence-corrected chi connectivity index (χ4v) is 3.86. The van der Waals surface area contributed by atoms with Gasteiger partial charge in [-0.2, -0.15) is 0 Å². The minimum absolute atomic E-state index is 0.0353. The molecule has 158 valence electrons. The maximum Gasteiger partial charge on any atom is 0.407 e. The van der Waals surface area contributed by atoms with Crippen molar-refractivity contribution in [3.05, 3.63) is 18.5 Å². The summed E-state index contributed by atoms with van der Waals surface area (Å²) in [6.45, 7) is 7.01. The highest BCUT2D eigenvalue weighted by atomic mass is 79.9. The van der Waals surface area contributed by atoms with E-state index in [2.05, 4.69) is 41.4 Å². The fourth-order valence-electron chi connectivity index (χ4n) is 3.50. The highest BCUT2D eigenvalue weighted by Gasteiger charge is 2.27. The molecule has 3 N–H and O–H groups in total. The molecule has 8 nitrogen and oxygen atoms in total. The number of nitrogens with zero attached hydrogens (tertiary/aromatic N) is 2. The van der Waals surface area contributed by atoms with Gasteiger partial charge in [0.25, 0.3) is 0 Å². The summed E-state index contributed by atoms with van der Waals surface area (Å²) in [4.78, 5) is 34.1. The Morgan fingerprint density at radius 2 is 2.21 bits per heavy atom. The molecule has 1 aliphatic rings. The maximum absolute atomic E-state index is 12.2. The van der Waals surface area contributed by atoms with Gasteiger partial charge >= 0.3 is 6.09 Å². The van der Waals surface area contributed by atoms with Gasteiger partial charge in [-0.25, -0.2) is 9.78 Å². The monoisotopic (exact) mass is 465 g/mol. The average Bonchev–Trinajstić information content (AvgIpc) is 3.08. The van der Waals surface area contributed by atoms with Gasteiger partial charge in [0.2, 0.25) is 5.91 Å². The first kappa shape index (κ1) is 21.4. The Bertz CT molecular complexity index is 877. The molecule has 3 heterocycles. The number of alkyl halides is 1. The van der Waals surface area contributed by atoms with E-state index < -0.39 is 11.7 Å². The molecule has 1 aliphatic heterocycles. The van der Waals surface area contributed by atoms with Crippen LogP contribution in [0.3, 0.4) is 0 Å². The number of carbonyl (C=O) groups is 2. The van der Waals surface area contributed by atoms with Crippen LogP contribution in [-0.2, 0) is 9.53 Å². The summed E-state index contributed by atoms with van der Waals surface area (Å²) in [6.07, 6.45) is 5.30. The van der Waals surface area contributed by atoms with Gasteiger partial charge in [0.15, 0.2) is 0 Å². The van der Waals surface area contributed by atoms with Crippen LogP contribution in [0.15, 0.2) is 18.5 Å². The summed E-state index contributed by atoms with van der Waals surface area (Å²) in [6, 6.07) is 1.93. The molecular formula is C20H28BrN5O3. The molecule has 0 aromatic carbocycles. The third-order valence-corrected chi connectivity index (χ3v) is 5.01. The number of rotatable bonds is 5. The lowest BCUT2D eigenvalue weighted by Crippen LogP contribution is -2.49. The Morgan fingerprint density at radius 1 is 1.41 bits per heavy atom. The smallest absolute Gasteiger partial charge is 0.407 e. The number of aromatic nitrogens is 2. The number of H-pyrrole nitrogens is 1. The van der Waals surface area contributed by atoms with Crippen molar-refractivity contribution in [1.29, 1.82) is 0 Å². The van der Waals surface area contributed by atoms with Crippen molar-refractivity contribution < 1.29 is 14.3 Å². The lowest BCUT2D eigenvalue weighted by molar-refractivity contribution is -0.115. The van der Waals surface area contributed by atoms with Crippen molar-refractivity contribution in [2.75, 3.05) is 28.6 Å². The van der Waals surface area contributed by atoms with Gasteiger partial charge in [-0.1, -0.05) is 15.9 Å². The minimum atomic E-state index is -0.534.